The number of imidazole rings is 1. The van der Waals surface area contributed by atoms with Gasteiger partial charge in [-0.2, -0.15) is 0 Å². The van der Waals surface area contributed by atoms with Gasteiger partial charge in [0.2, 0.25) is 0 Å². The molecule has 4 heteroatoms. The number of halogens is 2. The molecule has 0 bridgehead atoms. The van der Waals surface area contributed by atoms with Gasteiger partial charge < -0.3 is 4.57 Å². The Bertz CT molecular complexity index is 925. The Morgan fingerprint density at radius 3 is 2.44 bits per heavy atom. The van der Waals surface area contributed by atoms with Crippen LogP contribution in [0.4, 0.5) is 0 Å². The van der Waals surface area contributed by atoms with Gasteiger partial charge in [-0.25, -0.2) is 4.98 Å². The average Bonchev–Trinajstić information content (AvgIpc) is 3.08. The Morgan fingerprint density at radius 1 is 1.00 bits per heavy atom. The van der Waals surface area contributed by atoms with Crippen molar-refractivity contribution in [3.05, 3.63) is 76.0 Å². The van der Waals surface area contributed by atoms with Gasteiger partial charge in [-0.15, -0.1) is 0 Å². The van der Waals surface area contributed by atoms with Gasteiger partial charge in [0, 0.05) is 28.7 Å². The van der Waals surface area contributed by atoms with Crippen molar-refractivity contribution < 1.29 is 0 Å². The van der Waals surface area contributed by atoms with Gasteiger partial charge in [0.1, 0.15) is 5.82 Å². The van der Waals surface area contributed by atoms with E-state index >= 15 is 0 Å². The number of aromatic nitrogens is 2. The summed E-state index contributed by atoms with van der Waals surface area (Å²) in [6.45, 7) is 3.13. The minimum absolute atomic E-state index is 0.147. The van der Waals surface area contributed by atoms with E-state index in [1.165, 1.54) is 43.4 Å². The van der Waals surface area contributed by atoms with E-state index in [0.29, 0.717) is 10.0 Å². The molecule has 27 heavy (non-hydrogen) atoms. The molecule has 1 aliphatic rings. The topological polar surface area (TPSA) is 17.8 Å². The molecule has 0 unspecified atom stereocenters. The van der Waals surface area contributed by atoms with Crippen LogP contribution in [0.3, 0.4) is 0 Å². The Labute approximate surface area is 171 Å². The second-order valence-electron chi connectivity index (χ2n) is 7.81. The van der Waals surface area contributed by atoms with Gasteiger partial charge in [0.15, 0.2) is 0 Å². The highest BCUT2D eigenvalue weighted by molar-refractivity contribution is 6.36. The molecule has 1 aliphatic carbocycles. The standard InChI is InChI=1S/C23H24Cl2N2/c1-23(12-6-3-7-13-23)21-16-27(15-17-8-4-2-5-9-17)22(26-21)19-11-10-18(24)14-20(19)25/h2,4-5,8-11,14,16H,3,6-7,12-13,15H2,1H3. The number of hydrogen-bond donors (Lipinski definition) is 0. The molecule has 2 aromatic carbocycles. The molecule has 1 fully saturated rings. The summed E-state index contributed by atoms with van der Waals surface area (Å²) in [5.41, 5.74) is 3.51. The summed E-state index contributed by atoms with van der Waals surface area (Å²) in [5.74, 6) is 0.919. The van der Waals surface area contributed by atoms with Crippen LogP contribution >= 0.6 is 23.2 Å². The zero-order valence-electron chi connectivity index (χ0n) is 15.6. The third-order valence-corrected chi connectivity index (χ3v) is 6.27. The quantitative estimate of drug-likeness (QED) is 0.456. The molecule has 0 atom stereocenters. The normalized spacial score (nSPS) is 16.4. The van der Waals surface area contributed by atoms with E-state index in [1.54, 1.807) is 6.07 Å². The van der Waals surface area contributed by atoms with Crippen LogP contribution in [-0.2, 0) is 12.0 Å². The van der Waals surface area contributed by atoms with Crippen molar-refractivity contribution >= 4 is 23.2 Å². The lowest BCUT2D eigenvalue weighted by Gasteiger charge is -2.31. The molecule has 0 spiro atoms. The number of nitrogens with zero attached hydrogens (tertiary/aromatic N) is 2. The molecular formula is C23H24Cl2N2. The zero-order chi connectivity index (χ0) is 18.9. The van der Waals surface area contributed by atoms with E-state index in [4.69, 9.17) is 28.2 Å². The number of benzene rings is 2. The van der Waals surface area contributed by atoms with Crippen molar-refractivity contribution in [3.63, 3.8) is 0 Å². The minimum Gasteiger partial charge on any atom is -0.326 e. The maximum Gasteiger partial charge on any atom is 0.142 e. The summed E-state index contributed by atoms with van der Waals surface area (Å²) in [6, 6.07) is 16.1. The molecule has 0 radical (unpaired) electrons. The Kier molecular flexibility index (Phi) is 5.29. The lowest BCUT2D eigenvalue weighted by atomic mass is 9.74. The second kappa shape index (κ2) is 7.69. The third kappa shape index (κ3) is 3.93. The van der Waals surface area contributed by atoms with Gasteiger partial charge in [-0.1, -0.05) is 79.7 Å². The first-order chi connectivity index (χ1) is 13.0. The summed E-state index contributed by atoms with van der Waals surface area (Å²) >= 11 is 12.6. The fraction of sp³-hybridized carbons (Fsp3) is 0.348. The van der Waals surface area contributed by atoms with Crippen molar-refractivity contribution in [1.82, 2.24) is 9.55 Å². The molecule has 3 aromatic rings. The molecule has 2 nitrogen and oxygen atoms in total. The van der Waals surface area contributed by atoms with Crippen LogP contribution in [0.2, 0.25) is 10.0 Å². The summed E-state index contributed by atoms with van der Waals surface area (Å²) < 4.78 is 2.24. The van der Waals surface area contributed by atoms with Gasteiger partial charge in [-0.3, -0.25) is 0 Å². The van der Waals surface area contributed by atoms with Gasteiger partial charge >= 0.3 is 0 Å². The Balaban J connectivity index is 1.79. The first kappa shape index (κ1) is 18.6. The predicted octanol–water partition coefficient (Wildman–Crippen LogP) is 7.13. The first-order valence-corrected chi connectivity index (χ1v) is 10.4. The van der Waals surface area contributed by atoms with Crippen LogP contribution in [0.25, 0.3) is 11.4 Å². The van der Waals surface area contributed by atoms with Crippen LogP contribution in [0.5, 0.6) is 0 Å². The van der Waals surface area contributed by atoms with Crippen molar-refractivity contribution in [1.29, 1.82) is 0 Å². The largest absolute Gasteiger partial charge is 0.326 e. The second-order valence-corrected chi connectivity index (χ2v) is 8.65. The summed E-state index contributed by atoms with van der Waals surface area (Å²) in [4.78, 5) is 5.10. The fourth-order valence-corrected chi connectivity index (χ4v) is 4.57. The summed E-state index contributed by atoms with van der Waals surface area (Å²) in [7, 11) is 0. The summed E-state index contributed by atoms with van der Waals surface area (Å²) in [6.07, 6.45) is 8.51. The van der Waals surface area contributed by atoms with E-state index in [1.807, 2.05) is 18.2 Å². The van der Waals surface area contributed by atoms with Crippen LogP contribution in [0, 0.1) is 0 Å². The van der Waals surface area contributed by atoms with Crippen molar-refractivity contribution in [2.75, 3.05) is 0 Å². The van der Waals surface area contributed by atoms with E-state index < -0.39 is 0 Å². The molecule has 1 heterocycles. The number of rotatable bonds is 4. The van der Waals surface area contributed by atoms with Crippen LogP contribution in [-0.4, -0.2) is 9.55 Å². The van der Waals surface area contributed by atoms with Crippen molar-refractivity contribution in [2.45, 2.75) is 51.0 Å². The number of hydrogen-bond acceptors (Lipinski definition) is 1. The van der Waals surface area contributed by atoms with E-state index in [2.05, 4.69) is 42.0 Å². The third-order valence-electron chi connectivity index (χ3n) is 5.72. The SMILES string of the molecule is CC1(c2cn(Cc3ccccc3)c(-c3ccc(Cl)cc3Cl)n2)CCCCC1. The first-order valence-electron chi connectivity index (χ1n) is 9.62. The molecule has 0 saturated heterocycles. The predicted molar refractivity (Wildman–Crippen MR) is 114 cm³/mol. The molecule has 0 aliphatic heterocycles. The van der Waals surface area contributed by atoms with Crippen LogP contribution in [0.15, 0.2) is 54.7 Å². The lowest BCUT2D eigenvalue weighted by molar-refractivity contribution is 0.313. The molecule has 0 N–H and O–H groups in total. The van der Waals surface area contributed by atoms with Gasteiger partial charge in [-0.05, 0) is 36.6 Å². The minimum atomic E-state index is 0.147. The van der Waals surface area contributed by atoms with Crippen molar-refractivity contribution in [3.8, 4) is 11.4 Å². The molecule has 0 amide bonds. The van der Waals surface area contributed by atoms with Gasteiger partial charge in [0.25, 0.3) is 0 Å². The van der Waals surface area contributed by atoms with E-state index in [9.17, 15) is 0 Å². The van der Waals surface area contributed by atoms with Crippen molar-refractivity contribution in [2.24, 2.45) is 0 Å². The molecule has 140 valence electrons. The van der Waals surface area contributed by atoms with Crippen LogP contribution < -0.4 is 0 Å². The highest BCUT2D eigenvalue weighted by Gasteiger charge is 2.32. The fourth-order valence-electron chi connectivity index (χ4n) is 4.08. The molecule has 1 saturated carbocycles. The van der Waals surface area contributed by atoms with E-state index in [-0.39, 0.29) is 5.41 Å². The summed E-state index contributed by atoms with van der Waals surface area (Å²) in [5, 5.41) is 1.28. The molecule has 1 aromatic heterocycles. The highest BCUT2D eigenvalue weighted by atomic mass is 35.5. The monoisotopic (exact) mass is 398 g/mol. The maximum absolute atomic E-state index is 6.53. The lowest BCUT2D eigenvalue weighted by Crippen LogP contribution is -2.25. The van der Waals surface area contributed by atoms with Gasteiger partial charge in [0.05, 0.1) is 10.7 Å². The average molecular weight is 399 g/mol. The van der Waals surface area contributed by atoms with E-state index in [0.717, 1.165) is 17.9 Å². The van der Waals surface area contributed by atoms with Crippen LogP contribution in [0.1, 0.15) is 50.3 Å². The molecule has 4 rings (SSSR count). The smallest absolute Gasteiger partial charge is 0.142 e. The maximum atomic E-state index is 6.53. The Morgan fingerprint density at radius 2 is 1.74 bits per heavy atom. The zero-order valence-corrected chi connectivity index (χ0v) is 17.1. The Hall–Kier alpha value is -1.77. The molecular weight excluding hydrogens is 375 g/mol. The highest BCUT2D eigenvalue weighted by Crippen LogP contribution is 2.40.